The Morgan fingerprint density at radius 1 is 0.675 bits per heavy atom. The Morgan fingerprint density at radius 3 is 1.62 bits per heavy atom. The standard InChI is InChI=1S/C29H29F9O2/c1-16-12-22(30)26(23(31)13-16)28(34,35)39-21-10-6-18(7-11-21)3-2-17-4-8-19(9-5-17)20-14-24(32)27(25(33)15-20)40-29(36,37)38/h2-3,12-15,17-19,21H,4-11H2,1H3/b3-2+. The van der Waals surface area contributed by atoms with Gasteiger partial charge in [0.1, 0.15) is 17.2 Å². The van der Waals surface area contributed by atoms with E-state index in [9.17, 15) is 39.5 Å². The van der Waals surface area contributed by atoms with E-state index in [1.165, 1.54) is 6.92 Å². The molecule has 11 heteroatoms. The summed E-state index contributed by atoms with van der Waals surface area (Å²) in [5.41, 5.74) is -0.911. The maximum Gasteiger partial charge on any atom is 0.573 e. The Bertz CT molecular complexity index is 1160. The molecular weight excluding hydrogens is 551 g/mol. The van der Waals surface area contributed by atoms with Crippen molar-refractivity contribution < 1.29 is 49.0 Å². The maximum atomic E-state index is 14.6. The van der Waals surface area contributed by atoms with Crippen LogP contribution in [0.3, 0.4) is 0 Å². The summed E-state index contributed by atoms with van der Waals surface area (Å²) in [7, 11) is 0. The molecular formula is C29H29F9O2. The summed E-state index contributed by atoms with van der Waals surface area (Å²) >= 11 is 0. The second kappa shape index (κ2) is 12.0. The first-order valence-corrected chi connectivity index (χ1v) is 13.2. The number of halogens is 9. The van der Waals surface area contributed by atoms with Crippen LogP contribution in [0.5, 0.6) is 5.75 Å². The predicted octanol–water partition coefficient (Wildman–Crippen LogP) is 9.60. The zero-order valence-corrected chi connectivity index (χ0v) is 21.6. The second-order valence-electron chi connectivity index (χ2n) is 10.6. The van der Waals surface area contributed by atoms with Gasteiger partial charge in [0.25, 0.3) is 0 Å². The normalized spacial score (nSPS) is 24.4. The van der Waals surface area contributed by atoms with Gasteiger partial charge in [-0.25, -0.2) is 17.6 Å². The van der Waals surface area contributed by atoms with Gasteiger partial charge in [0, 0.05) is 0 Å². The van der Waals surface area contributed by atoms with Crippen molar-refractivity contribution in [3.05, 3.63) is 76.4 Å². The third-order valence-electron chi connectivity index (χ3n) is 7.65. The quantitative estimate of drug-likeness (QED) is 0.240. The SMILES string of the molecule is Cc1cc(F)c(C(F)(F)OC2CCC(/C=C/C3CCC(c4cc(F)c(OC(F)(F)F)c(F)c4)CC3)CC2)c(F)c1. The molecule has 0 heterocycles. The van der Waals surface area contributed by atoms with E-state index in [4.69, 9.17) is 4.74 Å². The Morgan fingerprint density at radius 2 is 1.15 bits per heavy atom. The van der Waals surface area contributed by atoms with Gasteiger partial charge in [-0.3, -0.25) is 0 Å². The van der Waals surface area contributed by atoms with Crippen molar-refractivity contribution in [1.29, 1.82) is 0 Å². The van der Waals surface area contributed by atoms with Gasteiger partial charge < -0.3 is 9.47 Å². The highest BCUT2D eigenvalue weighted by Gasteiger charge is 2.42. The fourth-order valence-electron chi connectivity index (χ4n) is 5.63. The lowest BCUT2D eigenvalue weighted by Gasteiger charge is -2.31. The zero-order valence-electron chi connectivity index (χ0n) is 21.6. The molecule has 0 saturated heterocycles. The summed E-state index contributed by atoms with van der Waals surface area (Å²) in [6.45, 7) is 1.40. The highest BCUT2D eigenvalue weighted by molar-refractivity contribution is 5.33. The number of alkyl halides is 5. The lowest BCUT2D eigenvalue weighted by molar-refractivity contribution is -0.280. The van der Waals surface area contributed by atoms with E-state index < -0.39 is 53.2 Å². The molecule has 0 radical (unpaired) electrons. The van der Waals surface area contributed by atoms with Crippen LogP contribution in [0.1, 0.15) is 74.0 Å². The Balaban J connectivity index is 1.25. The van der Waals surface area contributed by atoms with Gasteiger partial charge in [-0.05, 0) is 111 Å². The maximum absolute atomic E-state index is 14.6. The third kappa shape index (κ3) is 7.53. The van der Waals surface area contributed by atoms with Crippen molar-refractivity contribution >= 4 is 0 Å². The Labute approximate surface area is 226 Å². The average molecular weight is 581 g/mol. The van der Waals surface area contributed by atoms with Gasteiger partial charge in [0.15, 0.2) is 11.6 Å². The van der Waals surface area contributed by atoms with Crippen molar-refractivity contribution in [2.24, 2.45) is 11.8 Å². The minimum atomic E-state index is -5.20. The van der Waals surface area contributed by atoms with Gasteiger partial charge >= 0.3 is 12.5 Å². The lowest BCUT2D eigenvalue weighted by atomic mass is 9.78. The van der Waals surface area contributed by atoms with Crippen LogP contribution in [0.25, 0.3) is 0 Å². The highest BCUT2D eigenvalue weighted by Crippen LogP contribution is 2.41. The number of rotatable bonds is 7. The summed E-state index contributed by atoms with van der Waals surface area (Å²) in [4.78, 5) is 0. The number of aryl methyl sites for hydroxylation is 1. The number of allylic oxidation sites excluding steroid dienone is 2. The van der Waals surface area contributed by atoms with Crippen LogP contribution in [-0.4, -0.2) is 12.5 Å². The third-order valence-corrected chi connectivity index (χ3v) is 7.65. The molecule has 2 saturated carbocycles. The molecule has 2 nitrogen and oxygen atoms in total. The van der Waals surface area contributed by atoms with E-state index in [2.05, 4.69) is 10.8 Å². The number of hydrogen-bond acceptors (Lipinski definition) is 2. The first-order valence-electron chi connectivity index (χ1n) is 13.2. The largest absolute Gasteiger partial charge is 0.573 e. The number of benzene rings is 2. The van der Waals surface area contributed by atoms with Crippen molar-refractivity contribution in [1.82, 2.24) is 0 Å². The van der Waals surface area contributed by atoms with Gasteiger partial charge in [-0.1, -0.05) is 12.2 Å². The van der Waals surface area contributed by atoms with Crippen molar-refractivity contribution in [2.45, 2.75) is 82.8 Å². The molecule has 40 heavy (non-hydrogen) atoms. The Hall–Kier alpha value is -2.69. The molecule has 220 valence electrons. The van der Waals surface area contributed by atoms with Crippen LogP contribution in [0, 0.1) is 42.0 Å². The van der Waals surface area contributed by atoms with Crippen molar-refractivity contribution in [3.63, 3.8) is 0 Å². The molecule has 2 aliphatic rings. The van der Waals surface area contributed by atoms with E-state index in [-0.39, 0.29) is 28.9 Å². The monoisotopic (exact) mass is 580 g/mol. The van der Waals surface area contributed by atoms with Crippen LogP contribution in [-0.2, 0) is 10.8 Å². The van der Waals surface area contributed by atoms with Crippen LogP contribution in [0.4, 0.5) is 39.5 Å². The molecule has 0 atom stereocenters. The Kier molecular flexibility index (Phi) is 9.11. The van der Waals surface area contributed by atoms with Gasteiger partial charge in [-0.15, -0.1) is 13.2 Å². The topological polar surface area (TPSA) is 18.5 Å². The molecule has 0 aliphatic heterocycles. The summed E-state index contributed by atoms with van der Waals surface area (Å²) in [6.07, 6.45) is -1.71. The molecule has 2 aromatic rings. The minimum Gasteiger partial charge on any atom is -0.399 e. The van der Waals surface area contributed by atoms with E-state index >= 15 is 0 Å². The summed E-state index contributed by atoms with van der Waals surface area (Å²) in [5.74, 6) is -6.85. The molecule has 2 fully saturated rings. The van der Waals surface area contributed by atoms with Crippen LogP contribution in [0.2, 0.25) is 0 Å². The fraction of sp³-hybridized carbons (Fsp3) is 0.517. The summed E-state index contributed by atoms with van der Waals surface area (Å²) in [6, 6.07) is 3.45. The van der Waals surface area contributed by atoms with Crippen LogP contribution in [0.15, 0.2) is 36.4 Å². The molecule has 0 unspecified atom stereocenters. The average Bonchev–Trinajstić information content (AvgIpc) is 2.84. The van der Waals surface area contributed by atoms with E-state index in [1.807, 2.05) is 6.08 Å². The predicted molar refractivity (Wildman–Crippen MR) is 129 cm³/mol. The molecule has 0 bridgehead atoms. The molecule has 2 aromatic carbocycles. The molecule has 0 amide bonds. The lowest BCUT2D eigenvalue weighted by Crippen LogP contribution is -2.31. The van der Waals surface area contributed by atoms with Gasteiger partial charge in [0.2, 0.25) is 5.75 Å². The molecule has 0 aromatic heterocycles. The first kappa shape index (κ1) is 30.3. The molecule has 2 aliphatic carbocycles. The van der Waals surface area contributed by atoms with Crippen molar-refractivity contribution in [2.75, 3.05) is 0 Å². The van der Waals surface area contributed by atoms with Crippen molar-refractivity contribution in [3.8, 4) is 5.75 Å². The highest BCUT2D eigenvalue weighted by atomic mass is 19.4. The first-order chi connectivity index (χ1) is 18.7. The molecule has 0 spiro atoms. The van der Waals surface area contributed by atoms with E-state index in [0.29, 0.717) is 51.4 Å². The van der Waals surface area contributed by atoms with Crippen LogP contribution >= 0.6 is 0 Å². The summed E-state index contributed by atoms with van der Waals surface area (Å²) < 4.78 is 131. The van der Waals surface area contributed by atoms with Gasteiger partial charge in [0.05, 0.1) is 6.10 Å². The molecule has 4 rings (SSSR count). The fourth-order valence-corrected chi connectivity index (χ4v) is 5.63. The smallest absolute Gasteiger partial charge is 0.399 e. The molecule has 0 N–H and O–H groups in total. The van der Waals surface area contributed by atoms with Crippen LogP contribution < -0.4 is 4.74 Å². The number of hydrogen-bond donors (Lipinski definition) is 0. The van der Waals surface area contributed by atoms with E-state index in [1.54, 1.807) is 0 Å². The number of ether oxygens (including phenoxy) is 2. The minimum absolute atomic E-state index is 0.128. The second-order valence-corrected chi connectivity index (χ2v) is 10.6. The van der Waals surface area contributed by atoms with Gasteiger partial charge in [-0.2, -0.15) is 8.78 Å². The zero-order chi connectivity index (χ0) is 29.2. The van der Waals surface area contributed by atoms with E-state index in [0.717, 1.165) is 24.3 Å². The summed E-state index contributed by atoms with van der Waals surface area (Å²) in [5, 5.41) is 0.